The summed E-state index contributed by atoms with van der Waals surface area (Å²) in [5.41, 5.74) is 2.59. The van der Waals surface area contributed by atoms with Crippen molar-refractivity contribution in [1.29, 1.82) is 0 Å². The molecule has 0 aliphatic heterocycles. The molecule has 0 aliphatic carbocycles. The Balaban J connectivity index is 2.05. The number of phenols is 5. The van der Waals surface area contributed by atoms with E-state index in [4.69, 9.17) is 4.74 Å². The molecule has 150 valence electrons. The Morgan fingerprint density at radius 2 is 1.48 bits per heavy atom. The van der Waals surface area contributed by atoms with E-state index in [-0.39, 0.29) is 34.7 Å². The number of methoxy groups -OCH3 is 1. The first-order chi connectivity index (χ1) is 13.8. The van der Waals surface area contributed by atoms with Crippen molar-refractivity contribution in [2.24, 2.45) is 0 Å². The Morgan fingerprint density at radius 1 is 0.759 bits per heavy atom. The van der Waals surface area contributed by atoms with Crippen LogP contribution in [0, 0.1) is 0 Å². The summed E-state index contributed by atoms with van der Waals surface area (Å²) in [5.74, 6) is -0.552. The van der Waals surface area contributed by atoms with E-state index >= 15 is 0 Å². The van der Waals surface area contributed by atoms with E-state index in [1.807, 2.05) is 6.92 Å². The van der Waals surface area contributed by atoms with Crippen LogP contribution in [0.25, 0.3) is 12.2 Å². The van der Waals surface area contributed by atoms with Crippen LogP contribution in [0.2, 0.25) is 0 Å². The summed E-state index contributed by atoms with van der Waals surface area (Å²) in [5, 5.41) is 49.4. The monoisotopic (exact) mass is 394 g/mol. The molecule has 3 rings (SSSR count). The van der Waals surface area contributed by atoms with Crippen molar-refractivity contribution < 1.29 is 30.3 Å². The van der Waals surface area contributed by atoms with Crippen molar-refractivity contribution in [2.45, 2.75) is 12.8 Å². The van der Waals surface area contributed by atoms with Crippen molar-refractivity contribution in [2.75, 3.05) is 7.11 Å². The molecule has 0 radical (unpaired) electrons. The Labute approximate surface area is 168 Å². The zero-order valence-corrected chi connectivity index (χ0v) is 16.0. The smallest absolute Gasteiger partial charge is 0.160 e. The number of hydrogen-bond acceptors (Lipinski definition) is 6. The predicted octanol–water partition coefficient (Wildman–Crippen LogP) is 4.55. The van der Waals surface area contributed by atoms with E-state index in [1.165, 1.54) is 37.4 Å². The fraction of sp³-hybridized carbons (Fsp3) is 0.130. The second-order valence-corrected chi connectivity index (χ2v) is 6.70. The Kier molecular flexibility index (Phi) is 5.54. The molecule has 0 fully saturated rings. The van der Waals surface area contributed by atoms with E-state index in [0.29, 0.717) is 22.4 Å². The van der Waals surface area contributed by atoms with Crippen molar-refractivity contribution in [1.82, 2.24) is 0 Å². The van der Waals surface area contributed by atoms with Crippen molar-refractivity contribution in [3.8, 4) is 34.5 Å². The second-order valence-electron chi connectivity index (χ2n) is 6.70. The fourth-order valence-corrected chi connectivity index (χ4v) is 3.21. The van der Waals surface area contributed by atoms with Gasteiger partial charge < -0.3 is 30.3 Å². The standard InChI is InChI=1S/C23H22O6/c1-13(15-6-8-19(26)22(11-15)29-2)23-16(10-17(24)12-21(23)28)5-3-14-4-7-18(25)20(27)9-14/h3-13,24-28H,1-2H3/b5-3+. The van der Waals surface area contributed by atoms with Gasteiger partial charge in [0.05, 0.1) is 7.11 Å². The van der Waals surface area contributed by atoms with Crippen LogP contribution in [0.5, 0.6) is 34.5 Å². The van der Waals surface area contributed by atoms with Crippen LogP contribution in [-0.4, -0.2) is 32.6 Å². The average Bonchev–Trinajstić information content (AvgIpc) is 2.68. The zero-order chi connectivity index (χ0) is 21.1. The van der Waals surface area contributed by atoms with E-state index in [9.17, 15) is 25.5 Å². The van der Waals surface area contributed by atoms with Crippen molar-refractivity contribution in [3.05, 3.63) is 70.8 Å². The van der Waals surface area contributed by atoms with Crippen LogP contribution in [0.15, 0.2) is 48.5 Å². The number of aromatic hydroxyl groups is 5. The van der Waals surface area contributed by atoms with Gasteiger partial charge in [-0.25, -0.2) is 0 Å². The number of ether oxygens (including phenoxy) is 1. The molecule has 1 atom stereocenters. The minimum atomic E-state index is -0.280. The quantitative estimate of drug-likeness (QED) is 0.321. The molecule has 0 heterocycles. The third-order valence-electron chi connectivity index (χ3n) is 4.77. The van der Waals surface area contributed by atoms with Gasteiger partial charge >= 0.3 is 0 Å². The van der Waals surface area contributed by atoms with Crippen LogP contribution < -0.4 is 4.74 Å². The maximum atomic E-state index is 10.5. The third-order valence-corrected chi connectivity index (χ3v) is 4.77. The first-order valence-electron chi connectivity index (χ1n) is 8.93. The number of rotatable bonds is 5. The van der Waals surface area contributed by atoms with Crippen LogP contribution in [0.1, 0.15) is 35.1 Å². The molecule has 0 aromatic heterocycles. The molecule has 0 saturated carbocycles. The van der Waals surface area contributed by atoms with E-state index in [2.05, 4.69) is 0 Å². The lowest BCUT2D eigenvalue weighted by molar-refractivity contribution is 0.372. The zero-order valence-electron chi connectivity index (χ0n) is 16.0. The fourth-order valence-electron chi connectivity index (χ4n) is 3.21. The Bertz CT molecular complexity index is 1070. The second kappa shape index (κ2) is 8.06. The van der Waals surface area contributed by atoms with Gasteiger partial charge in [0.15, 0.2) is 23.0 Å². The largest absolute Gasteiger partial charge is 0.508 e. The minimum absolute atomic E-state index is 0.0191. The molecule has 6 nitrogen and oxygen atoms in total. The van der Waals surface area contributed by atoms with Crippen molar-refractivity contribution >= 4 is 12.2 Å². The molecule has 1 unspecified atom stereocenters. The summed E-state index contributed by atoms with van der Waals surface area (Å²) in [4.78, 5) is 0. The van der Waals surface area contributed by atoms with Gasteiger partial charge in [0.1, 0.15) is 11.5 Å². The van der Waals surface area contributed by atoms with Gasteiger partial charge in [-0.3, -0.25) is 0 Å². The van der Waals surface area contributed by atoms with Gasteiger partial charge in [-0.1, -0.05) is 31.2 Å². The lowest BCUT2D eigenvalue weighted by atomic mass is 9.88. The highest BCUT2D eigenvalue weighted by Crippen LogP contribution is 2.39. The summed E-state index contributed by atoms with van der Waals surface area (Å²) < 4.78 is 5.17. The molecule has 0 spiro atoms. The topological polar surface area (TPSA) is 110 Å². The maximum Gasteiger partial charge on any atom is 0.160 e. The summed E-state index contributed by atoms with van der Waals surface area (Å²) in [7, 11) is 1.46. The maximum absolute atomic E-state index is 10.5. The van der Waals surface area contributed by atoms with Gasteiger partial charge in [0.25, 0.3) is 0 Å². The summed E-state index contributed by atoms with van der Waals surface area (Å²) in [6, 6.07) is 12.2. The molecular formula is C23H22O6. The first-order valence-corrected chi connectivity index (χ1v) is 8.93. The van der Waals surface area contributed by atoms with Crippen LogP contribution in [0.3, 0.4) is 0 Å². The molecule has 3 aromatic carbocycles. The molecule has 29 heavy (non-hydrogen) atoms. The molecule has 0 amide bonds. The van der Waals surface area contributed by atoms with Gasteiger partial charge in [0, 0.05) is 17.5 Å². The Hall–Kier alpha value is -3.80. The molecule has 0 aliphatic rings. The van der Waals surface area contributed by atoms with Crippen LogP contribution in [0.4, 0.5) is 0 Å². The average molecular weight is 394 g/mol. The highest BCUT2D eigenvalue weighted by molar-refractivity contribution is 5.75. The predicted molar refractivity (Wildman–Crippen MR) is 111 cm³/mol. The van der Waals surface area contributed by atoms with Gasteiger partial charge in [-0.05, 0) is 47.0 Å². The first kappa shape index (κ1) is 19.9. The molecule has 6 heteroatoms. The van der Waals surface area contributed by atoms with E-state index < -0.39 is 0 Å². The number of phenolic OH excluding ortho intramolecular Hbond substituents is 5. The van der Waals surface area contributed by atoms with Gasteiger partial charge in [-0.2, -0.15) is 0 Å². The van der Waals surface area contributed by atoms with Gasteiger partial charge in [-0.15, -0.1) is 0 Å². The molecule has 0 bridgehead atoms. The van der Waals surface area contributed by atoms with E-state index in [1.54, 1.807) is 30.4 Å². The summed E-state index contributed by atoms with van der Waals surface area (Å²) in [6.07, 6.45) is 3.40. The molecule has 0 saturated heterocycles. The minimum Gasteiger partial charge on any atom is -0.508 e. The number of hydrogen-bond donors (Lipinski definition) is 5. The lowest BCUT2D eigenvalue weighted by Gasteiger charge is -2.18. The summed E-state index contributed by atoms with van der Waals surface area (Å²) in [6.45, 7) is 1.89. The highest BCUT2D eigenvalue weighted by atomic mass is 16.5. The normalized spacial score (nSPS) is 12.2. The number of benzene rings is 3. The summed E-state index contributed by atoms with van der Waals surface area (Å²) >= 11 is 0. The van der Waals surface area contributed by atoms with Crippen LogP contribution in [-0.2, 0) is 0 Å². The van der Waals surface area contributed by atoms with Gasteiger partial charge in [0.2, 0.25) is 0 Å². The van der Waals surface area contributed by atoms with Crippen molar-refractivity contribution in [3.63, 3.8) is 0 Å². The SMILES string of the molecule is COc1cc(C(C)c2c(O)cc(O)cc2/C=C/c2ccc(O)c(O)c2)ccc1O. The highest BCUT2D eigenvalue weighted by Gasteiger charge is 2.19. The van der Waals surface area contributed by atoms with E-state index in [0.717, 1.165) is 5.56 Å². The molecular weight excluding hydrogens is 372 g/mol. The lowest BCUT2D eigenvalue weighted by Crippen LogP contribution is -2.00. The van der Waals surface area contributed by atoms with Crippen LogP contribution >= 0.6 is 0 Å². The third kappa shape index (κ3) is 4.21. The Morgan fingerprint density at radius 3 is 2.17 bits per heavy atom. The molecule has 3 aromatic rings. The molecule has 5 N–H and O–H groups in total.